The molecule has 2 aliphatic carbocycles. The monoisotopic (exact) mass is 432 g/mol. The second-order valence-corrected chi connectivity index (χ2v) is 9.47. The molecule has 1 aromatic carbocycles. The fraction of sp³-hybridized carbons (Fsp3) is 0.640. The number of carbonyl (C=O) groups excluding carboxylic acids is 1. The van der Waals surface area contributed by atoms with Crippen molar-refractivity contribution < 1.29 is 9.90 Å². The second kappa shape index (κ2) is 9.32. The molecule has 1 heterocycles. The Labute approximate surface area is 187 Å². The molecule has 1 amide bonds. The summed E-state index contributed by atoms with van der Waals surface area (Å²) in [6, 6.07) is 2.14. The quantitative estimate of drug-likeness (QED) is 0.642. The topological polar surface area (TPSA) is 43.8 Å². The standard InChI is InChI=1S/C25H36N2O2.ClH/c1-5-16(2)20-14-17(3)22-18-10-6-7-11-19(18)24(23(22)25(20)29)26(4)21(28)15-27-12-8-9-13-27;/h5,14,16,18-19,24,29H,1,6-13,15H2,2-4H3;1H. The number of hydrogen-bond donors (Lipinski definition) is 1. The van der Waals surface area contributed by atoms with Crippen LogP contribution < -0.4 is 0 Å². The van der Waals surface area contributed by atoms with E-state index in [2.05, 4.69) is 31.4 Å². The number of aromatic hydroxyl groups is 1. The minimum atomic E-state index is -0.0129. The van der Waals surface area contributed by atoms with Gasteiger partial charge in [-0.15, -0.1) is 19.0 Å². The van der Waals surface area contributed by atoms with Crippen molar-refractivity contribution in [3.05, 3.63) is 41.0 Å². The first-order chi connectivity index (χ1) is 13.9. The number of hydrogen-bond acceptors (Lipinski definition) is 3. The maximum Gasteiger partial charge on any atom is 0.237 e. The van der Waals surface area contributed by atoms with Gasteiger partial charge >= 0.3 is 0 Å². The summed E-state index contributed by atoms with van der Waals surface area (Å²) in [5, 5.41) is 11.4. The summed E-state index contributed by atoms with van der Waals surface area (Å²) in [5.74, 6) is 1.56. The van der Waals surface area contributed by atoms with E-state index in [1.165, 1.54) is 43.2 Å². The third-order valence-electron chi connectivity index (χ3n) is 7.72. The van der Waals surface area contributed by atoms with Crippen molar-refractivity contribution in [2.45, 2.75) is 70.3 Å². The van der Waals surface area contributed by atoms with Gasteiger partial charge in [0, 0.05) is 24.1 Å². The molecule has 1 saturated heterocycles. The maximum absolute atomic E-state index is 13.2. The van der Waals surface area contributed by atoms with Crippen molar-refractivity contribution in [2.75, 3.05) is 26.7 Å². The molecule has 0 spiro atoms. The molecule has 0 bridgehead atoms. The molecular formula is C25H37ClN2O2. The van der Waals surface area contributed by atoms with Gasteiger partial charge in [0.1, 0.15) is 5.75 Å². The van der Waals surface area contributed by atoms with E-state index in [9.17, 15) is 9.90 Å². The van der Waals surface area contributed by atoms with Gasteiger partial charge in [-0.3, -0.25) is 9.69 Å². The second-order valence-electron chi connectivity index (χ2n) is 9.47. The van der Waals surface area contributed by atoms with Crippen LogP contribution in [0.25, 0.3) is 0 Å². The summed E-state index contributed by atoms with van der Waals surface area (Å²) in [5.41, 5.74) is 4.56. The van der Waals surface area contributed by atoms with Crippen LogP contribution in [0.3, 0.4) is 0 Å². The van der Waals surface area contributed by atoms with Crippen molar-refractivity contribution in [1.29, 1.82) is 0 Å². The molecule has 1 N–H and O–H groups in total. The lowest BCUT2D eigenvalue weighted by Gasteiger charge is -2.36. The highest BCUT2D eigenvalue weighted by atomic mass is 35.5. The van der Waals surface area contributed by atoms with Gasteiger partial charge in [0.25, 0.3) is 0 Å². The Bertz CT molecular complexity index is 803. The number of amides is 1. The fourth-order valence-corrected chi connectivity index (χ4v) is 6.13. The van der Waals surface area contributed by atoms with Crippen LogP contribution in [0.4, 0.5) is 0 Å². The first-order valence-corrected chi connectivity index (χ1v) is 11.4. The largest absolute Gasteiger partial charge is 0.507 e. The van der Waals surface area contributed by atoms with Crippen molar-refractivity contribution in [2.24, 2.45) is 5.92 Å². The van der Waals surface area contributed by atoms with Crippen molar-refractivity contribution >= 4 is 18.3 Å². The molecule has 2 fully saturated rings. The number of halogens is 1. The third kappa shape index (κ3) is 3.89. The average molecular weight is 433 g/mol. The maximum atomic E-state index is 13.2. The Morgan fingerprint density at radius 1 is 1.27 bits per heavy atom. The molecule has 5 heteroatoms. The van der Waals surface area contributed by atoms with Crippen LogP contribution in [0.15, 0.2) is 18.7 Å². The third-order valence-corrected chi connectivity index (χ3v) is 7.72. The number of nitrogens with zero attached hydrogens (tertiary/aromatic N) is 2. The summed E-state index contributed by atoms with van der Waals surface area (Å²) in [6.45, 7) is 10.7. The number of likely N-dealkylation sites (tertiary alicyclic amines) is 1. The van der Waals surface area contributed by atoms with Crippen LogP contribution in [0, 0.1) is 12.8 Å². The van der Waals surface area contributed by atoms with Crippen LogP contribution in [0.2, 0.25) is 0 Å². The minimum absolute atomic E-state index is 0. The highest BCUT2D eigenvalue weighted by molar-refractivity contribution is 5.85. The molecule has 0 aromatic heterocycles. The van der Waals surface area contributed by atoms with E-state index in [-0.39, 0.29) is 30.3 Å². The number of fused-ring (bicyclic) bond motifs is 3. The number of phenols is 1. The Morgan fingerprint density at radius 2 is 1.93 bits per heavy atom. The average Bonchev–Trinajstić information content (AvgIpc) is 3.35. The molecule has 30 heavy (non-hydrogen) atoms. The lowest BCUT2D eigenvalue weighted by Crippen LogP contribution is -2.41. The van der Waals surface area contributed by atoms with Gasteiger partial charge in [0.05, 0.1) is 12.6 Å². The molecule has 1 saturated carbocycles. The van der Waals surface area contributed by atoms with Crippen LogP contribution in [0.5, 0.6) is 5.75 Å². The Kier molecular flexibility index (Phi) is 7.19. The lowest BCUT2D eigenvalue weighted by atomic mass is 9.77. The molecule has 1 aromatic rings. The van der Waals surface area contributed by atoms with E-state index in [0.29, 0.717) is 24.1 Å². The number of phenolic OH excluding ortho intramolecular Hbond substituents is 1. The predicted molar refractivity (Wildman–Crippen MR) is 125 cm³/mol. The predicted octanol–water partition coefficient (Wildman–Crippen LogP) is 5.29. The zero-order valence-electron chi connectivity index (χ0n) is 18.7. The number of allylic oxidation sites excluding steroid dienone is 1. The van der Waals surface area contributed by atoms with Crippen molar-refractivity contribution in [3.63, 3.8) is 0 Å². The SMILES string of the molecule is C=CC(C)c1cc(C)c2c(c1O)C(N(C)C(=O)CN1CCCC1)C1CCCCC21.Cl. The van der Waals surface area contributed by atoms with E-state index < -0.39 is 0 Å². The smallest absolute Gasteiger partial charge is 0.237 e. The van der Waals surface area contributed by atoms with Crippen molar-refractivity contribution in [1.82, 2.24) is 9.80 Å². The first kappa shape index (κ1) is 23.1. The molecule has 4 atom stereocenters. The summed E-state index contributed by atoms with van der Waals surface area (Å²) in [4.78, 5) is 17.5. The summed E-state index contributed by atoms with van der Waals surface area (Å²) in [6.07, 6.45) is 9.03. The molecular weight excluding hydrogens is 396 g/mol. The van der Waals surface area contributed by atoms with E-state index >= 15 is 0 Å². The number of aryl methyl sites for hydroxylation is 1. The zero-order valence-corrected chi connectivity index (χ0v) is 19.5. The molecule has 166 valence electrons. The van der Waals surface area contributed by atoms with E-state index in [4.69, 9.17) is 0 Å². The first-order valence-electron chi connectivity index (χ1n) is 11.4. The molecule has 0 radical (unpaired) electrons. The number of benzene rings is 1. The fourth-order valence-electron chi connectivity index (χ4n) is 6.13. The summed E-state index contributed by atoms with van der Waals surface area (Å²) in [7, 11) is 1.96. The van der Waals surface area contributed by atoms with Gasteiger partial charge in [-0.05, 0) is 68.7 Å². The molecule has 4 rings (SSSR count). The van der Waals surface area contributed by atoms with Crippen LogP contribution >= 0.6 is 12.4 Å². The molecule has 1 aliphatic heterocycles. The lowest BCUT2D eigenvalue weighted by molar-refractivity contribution is -0.134. The van der Waals surface area contributed by atoms with E-state index in [1.54, 1.807) is 0 Å². The number of carbonyl (C=O) groups is 1. The van der Waals surface area contributed by atoms with Gasteiger partial charge in [-0.2, -0.15) is 0 Å². The summed E-state index contributed by atoms with van der Waals surface area (Å²) >= 11 is 0. The van der Waals surface area contributed by atoms with Crippen molar-refractivity contribution in [3.8, 4) is 5.75 Å². The number of rotatable bonds is 5. The Morgan fingerprint density at radius 3 is 2.60 bits per heavy atom. The van der Waals surface area contributed by atoms with Gasteiger partial charge < -0.3 is 10.0 Å². The highest BCUT2D eigenvalue weighted by Gasteiger charge is 2.47. The minimum Gasteiger partial charge on any atom is -0.507 e. The van der Waals surface area contributed by atoms with Crippen LogP contribution in [0.1, 0.15) is 85.6 Å². The Balaban J connectivity index is 0.00000256. The van der Waals surface area contributed by atoms with Gasteiger partial charge in [-0.1, -0.05) is 31.9 Å². The molecule has 4 unspecified atom stereocenters. The highest BCUT2D eigenvalue weighted by Crippen LogP contribution is 2.58. The van der Waals surface area contributed by atoms with Crippen LogP contribution in [-0.4, -0.2) is 47.5 Å². The van der Waals surface area contributed by atoms with Gasteiger partial charge in [0.2, 0.25) is 5.91 Å². The zero-order chi connectivity index (χ0) is 20.7. The summed E-state index contributed by atoms with van der Waals surface area (Å²) < 4.78 is 0. The van der Waals surface area contributed by atoms with Gasteiger partial charge in [-0.25, -0.2) is 0 Å². The molecule has 4 nitrogen and oxygen atoms in total. The normalized spacial score (nSPS) is 26.4. The van der Waals surface area contributed by atoms with E-state index in [1.807, 2.05) is 18.0 Å². The number of likely N-dealkylation sites (N-methyl/N-ethyl adjacent to an activating group) is 1. The molecule has 3 aliphatic rings. The van der Waals surface area contributed by atoms with Crippen LogP contribution in [-0.2, 0) is 4.79 Å². The Hall–Kier alpha value is -1.52. The van der Waals surface area contributed by atoms with E-state index in [0.717, 1.165) is 30.6 Å². The van der Waals surface area contributed by atoms with Gasteiger partial charge in [0.15, 0.2) is 0 Å².